The smallest absolute Gasteiger partial charge is 0.339 e. The van der Waals surface area contributed by atoms with Gasteiger partial charge in [0.15, 0.2) is 0 Å². The van der Waals surface area contributed by atoms with E-state index in [2.05, 4.69) is 15.9 Å². The quantitative estimate of drug-likeness (QED) is 0.861. The minimum absolute atomic E-state index is 0.170. The number of halogens is 1. The molecular formula is C11H13BrO3. The molecule has 1 rings (SSSR count). The van der Waals surface area contributed by atoms with Crippen LogP contribution in [0.4, 0.5) is 0 Å². The zero-order valence-corrected chi connectivity index (χ0v) is 10.2. The van der Waals surface area contributed by atoms with Crippen molar-refractivity contribution in [3.8, 4) is 0 Å². The number of rotatable bonds is 3. The highest BCUT2D eigenvalue weighted by atomic mass is 79.9. The van der Waals surface area contributed by atoms with E-state index in [-0.39, 0.29) is 12.7 Å². The van der Waals surface area contributed by atoms with Crippen molar-refractivity contribution in [1.29, 1.82) is 0 Å². The van der Waals surface area contributed by atoms with E-state index < -0.39 is 5.97 Å². The zero-order valence-electron chi connectivity index (χ0n) is 8.66. The first kappa shape index (κ1) is 12.2. The molecule has 0 aliphatic carbocycles. The van der Waals surface area contributed by atoms with Crippen LogP contribution in [0, 0.1) is 0 Å². The Morgan fingerprint density at radius 2 is 2.20 bits per heavy atom. The molecule has 0 saturated heterocycles. The molecule has 0 fully saturated rings. The lowest BCUT2D eigenvalue weighted by atomic mass is 10.1. The summed E-state index contributed by atoms with van der Waals surface area (Å²) < 4.78 is 5.72. The van der Waals surface area contributed by atoms with Gasteiger partial charge in [0.05, 0.1) is 18.3 Å². The largest absolute Gasteiger partial charge is 0.459 e. The SMILES string of the molecule is CC(C)OC(=O)c1c(Br)cccc1CO. The zero-order chi connectivity index (χ0) is 11.4. The van der Waals surface area contributed by atoms with Crippen molar-refractivity contribution in [3.05, 3.63) is 33.8 Å². The monoisotopic (exact) mass is 272 g/mol. The molecule has 82 valence electrons. The van der Waals surface area contributed by atoms with Crippen LogP contribution >= 0.6 is 15.9 Å². The summed E-state index contributed by atoms with van der Waals surface area (Å²) in [4.78, 5) is 11.7. The number of aliphatic hydroxyl groups is 1. The first-order valence-electron chi connectivity index (χ1n) is 4.65. The molecule has 0 aliphatic rings. The van der Waals surface area contributed by atoms with Crippen LogP contribution in [0.25, 0.3) is 0 Å². The molecule has 4 heteroatoms. The molecule has 0 spiro atoms. The predicted octanol–water partition coefficient (Wildman–Crippen LogP) is 2.51. The Morgan fingerprint density at radius 3 is 2.73 bits per heavy atom. The molecule has 0 radical (unpaired) electrons. The number of esters is 1. The summed E-state index contributed by atoms with van der Waals surface area (Å²) in [6.45, 7) is 3.39. The predicted molar refractivity (Wildman–Crippen MR) is 60.6 cm³/mol. The van der Waals surface area contributed by atoms with Crippen molar-refractivity contribution in [3.63, 3.8) is 0 Å². The van der Waals surface area contributed by atoms with E-state index in [0.717, 1.165) is 0 Å². The normalized spacial score (nSPS) is 10.5. The van der Waals surface area contributed by atoms with Crippen molar-refractivity contribution in [1.82, 2.24) is 0 Å². The molecular weight excluding hydrogens is 260 g/mol. The van der Waals surface area contributed by atoms with Gasteiger partial charge < -0.3 is 9.84 Å². The molecule has 3 nitrogen and oxygen atoms in total. The molecule has 0 saturated carbocycles. The fourth-order valence-electron chi connectivity index (χ4n) is 1.20. The van der Waals surface area contributed by atoms with Crippen LogP contribution in [0.3, 0.4) is 0 Å². The molecule has 0 atom stereocenters. The van der Waals surface area contributed by atoms with Gasteiger partial charge in [-0.3, -0.25) is 0 Å². The second-order valence-corrected chi connectivity index (χ2v) is 4.24. The number of hydrogen-bond donors (Lipinski definition) is 1. The van der Waals surface area contributed by atoms with Gasteiger partial charge in [-0.15, -0.1) is 0 Å². The van der Waals surface area contributed by atoms with Gasteiger partial charge in [0.2, 0.25) is 0 Å². The number of hydrogen-bond acceptors (Lipinski definition) is 3. The summed E-state index contributed by atoms with van der Waals surface area (Å²) in [5.74, 6) is -0.415. The minimum atomic E-state index is -0.415. The van der Waals surface area contributed by atoms with E-state index in [4.69, 9.17) is 9.84 Å². The topological polar surface area (TPSA) is 46.5 Å². The first-order chi connectivity index (χ1) is 7.06. The van der Waals surface area contributed by atoms with Crippen LogP contribution in [0.5, 0.6) is 0 Å². The van der Waals surface area contributed by atoms with E-state index in [0.29, 0.717) is 15.6 Å². The number of benzene rings is 1. The molecule has 0 amide bonds. The molecule has 1 aromatic carbocycles. The molecule has 1 N–H and O–H groups in total. The standard InChI is InChI=1S/C11H13BrO3/c1-7(2)15-11(14)10-8(6-13)4-3-5-9(10)12/h3-5,7,13H,6H2,1-2H3. The third-order valence-electron chi connectivity index (χ3n) is 1.82. The van der Waals surface area contributed by atoms with Crippen LogP contribution in [0.1, 0.15) is 29.8 Å². The number of ether oxygens (including phenoxy) is 1. The van der Waals surface area contributed by atoms with E-state index in [9.17, 15) is 4.79 Å². The van der Waals surface area contributed by atoms with Gasteiger partial charge in [-0.2, -0.15) is 0 Å². The number of aliphatic hydroxyl groups excluding tert-OH is 1. The number of carbonyl (C=O) groups is 1. The molecule has 0 unspecified atom stereocenters. The van der Waals surface area contributed by atoms with E-state index in [1.54, 1.807) is 32.0 Å². The van der Waals surface area contributed by atoms with Crippen molar-refractivity contribution in [2.45, 2.75) is 26.6 Å². The fourth-order valence-corrected chi connectivity index (χ4v) is 1.77. The third kappa shape index (κ3) is 3.04. The summed E-state index contributed by atoms with van der Waals surface area (Å²) >= 11 is 3.27. The molecule has 0 bridgehead atoms. The van der Waals surface area contributed by atoms with Crippen molar-refractivity contribution in [2.75, 3.05) is 0 Å². The highest BCUT2D eigenvalue weighted by Crippen LogP contribution is 2.22. The second kappa shape index (κ2) is 5.28. The first-order valence-corrected chi connectivity index (χ1v) is 5.44. The van der Waals surface area contributed by atoms with Crippen molar-refractivity contribution in [2.24, 2.45) is 0 Å². The second-order valence-electron chi connectivity index (χ2n) is 3.39. The van der Waals surface area contributed by atoms with Crippen LogP contribution in [-0.4, -0.2) is 17.2 Å². The lowest BCUT2D eigenvalue weighted by Gasteiger charge is -2.11. The van der Waals surface area contributed by atoms with Crippen molar-refractivity contribution >= 4 is 21.9 Å². The maximum Gasteiger partial charge on any atom is 0.339 e. The summed E-state index contributed by atoms with van der Waals surface area (Å²) in [5, 5.41) is 9.10. The fraction of sp³-hybridized carbons (Fsp3) is 0.364. The Bertz CT molecular complexity index is 361. The summed E-state index contributed by atoms with van der Waals surface area (Å²) in [7, 11) is 0. The van der Waals surface area contributed by atoms with Gasteiger partial charge in [-0.25, -0.2) is 4.79 Å². The van der Waals surface area contributed by atoms with Crippen LogP contribution in [-0.2, 0) is 11.3 Å². The highest BCUT2D eigenvalue weighted by molar-refractivity contribution is 9.10. The maximum absolute atomic E-state index is 11.7. The van der Waals surface area contributed by atoms with Crippen molar-refractivity contribution < 1.29 is 14.6 Å². The summed E-state index contributed by atoms with van der Waals surface area (Å²) in [5.41, 5.74) is 0.962. The number of carbonyl (C=O) groups excluding carboxylic acids is 1. The van der Waals surface area contributed by atoms with E-state index in [1.807, 2.05) is 0 Å². The van der Waals surface area contributed by atoms with Crippen LogP contribution in [0.2, 0.25) is 0 Å². The Morgan fingerprint density at radius 1 is 1.53 bits per heavy atom. The lowest BCUT2D eigenvalue weighted by Crippen LogP contribution is -2.14. The van der Waals surface area contributed by atoms with Crippen LogP contribution in [0.15, 0.2) is 22.7 Å². The van der Waals surface area contributed by atoms with Gasteiger partial charge in [-0.1, -0.05) is 12.1 Å². The average Bonchev–Trinajstić information content (AvgIpc) is 2.15. The Labute approximate surface area is 97.2 Å². The third-order valence-corrected chi connectivity index (χ3v) is 2.48. The van der Waals surface area contributed by atoms with E-state index >= 15 is 0 Å². The van der Waals surface area contributed by atoms with Gasteiger partial charge in [0.1, 0.15) is 0 Å². The Kier molecular flexibility index (Phi) is 4.29. The molecule has 1 aromatic rings. The van der Waals surface area contributed by atoms with Gasteiger partial charge in [0.25, 0.3) is 0 Å². The molecule has 0 aromatic heterocycles. The van der Waals surface area contributed by atoms with Gasteiger partial charge in [0, 0.05) is 4.47 Å². The average molecular weight is 273 g/mol. The minimum Gasteiger partial charge on any atom is -0.459 e. The summed E-state index contributed by atoms with van der Waals surface area (Å²) in [6, 6.07) is 5.21. The molecule has 0 aliphatic heterocycles. The van der Waals surface area contributed by atoms with Crippen LogP contribution < -0.4 is 0 Å². The molecule has 0 heterocycles. The maximum atomic E-state index is 11.7. The Balaban J connectivity index is 3.06. The highest BCUT2D eigenvalue weighted by Gasteiger charge is 2.16. The molecule has 15 heavy (non-hydrogen) atoms. The van der Waals surface area contributed by atoms with Gasteiger partial charge in [-0.05, 0) is 41.4 Å². The lowest BCUT2D eigenvalue weighted by molar-refractivity contribution is 0.0373. The summed E-state index contributed by atoms with van der Waals surface area (Å²) in [6.07, 6.45) is -0.170. The Hall–Kier alpha value is -0.870. The van der Waals surface area contributed by atoms with E-state index in [1.165, 1.54) is 0 Å². The van der Waals surface area contributed by atoms with Gasteiger partial charge >= 0.3 is 5.97 Å².